The van der Waals surface area contributed by atoms with Gasteiger partial charge in [-0.1, -0.05) is 55.2 Å². The van der Waals surface area contributed by atoms with Crippen LogP contribution in [0.4, 0.5) is 10.5 Å². The largest absolute Gasteiger partial charge is 0.334 e. The number of benzene rings is 2. The van der Waals surface area contributed by atoms with Gasteiger partial charge in [-0.3, -0.25) is 0 Å². The number of imidazole rings is 1. The molecular formula is C21H22Cl2N4O. The SMILES string of the molecule is CC(C)c1nccn1Cc1cccc(NC(=O)NCc2ccc(Cl)cc2Cl)c1. The number of nitrogens with one attached hydrogen (secondary N) is 2. The van der Waals surface area contributed by atoms with Gasteiger partial charge in [-0.15, -0.1) is 0 Å². The average Bonchev–Trinajstić information content (AvgIpc) is 3.09. The van der Waals surface area contributed by atoms with E-state index in [2.05, 4.69) is 34.0 Å². The van der Waals surface area contributed by atoms with E-state index in [0.717, 1.165) is 22.6 Å². The summed E-state index contributed by atoms with van der Waals surface area (Å²) in [6.07, 6.45) is 3.78. The quantitative estimate of drug-likeness (QED) is 0.542. The van der Waals surface area contributed by atoms with E-state index < -0.39 is 0 Å². The lowest BCUT2D eigenvalue weighted by Crippen LogP contribution is -2.28. The third-order valence-electron chi connectivity index (χ3n) is 4.26. The van der Waals surface area contributed by atoms with Crippen LogP contribution in [0.15, 0.2) is 54.9 Å². The summed E-state index contributed by atoms with van der Waals surface area (Å²) in [6, 6.07) is 12.7. The Bertz CT molecular complexity index is 969. The third kappa shape index (κ3) is 5.27. The molecule has 0 aliphatic rings. The van der Waals surface area contributed by atoms with Crippen molar-refractivity contribution in [2.45, 2.75) is 32.9 Å². The summed E-state index contributed by atoms with van der Waals surface area (Å²) in [5, 5.41) is 6.75. The average molecular weight is 417 g/mol. The van der Waals surface area contributed by atoms with Crippen molar-refractivity contribution in [3.8, 4) is 0 Å². The molecule has 0 aliphatic carbocycles. The van der Waals surface area contributed by atoms with Crippen molar-refractivity contribution in [2.24, 2.45) is 0 Å². The first-order valence-electron chi connectivity index (χ1n) is 9.01. The fraction of sp³-hybridized carbons (Fsp3) is 0.238. The van der Waals surface area contributed by atoms with Crippen LogP contribution in [0.25, 0.3) is 0 Å². The third-order valence-corrected chi connectivity index (χ3v) is 4.84. The number of urea groups is 1. The van der Waals surface area contributed by atoms with Gasteiger partial charge in [-0.05, 0) is 35.4 Å². The standard InChI is InChI=1S/C21H22Cl2N4O/c1-14(2)20-24-8-9-27(20)13-15-4-3-5-18(10-15)26-21(28)25-12-16-6-7-17(22)11-19(16)23/h3-11,14H,12-13H2,1-2H3,(H2,25,26,28). The number of amides is 2. The summed E-state index contributed by atoms with van der Waals surface area (Å²) in [6.45, 7) is 5.25. The van der Waals surface area contributed by atoms with Crippen LogP contribution in [0.3, 0.4) is 0 Å². The zero-order valence-corrected chi connectivity index (χ0v) is 17.3. The Morgan fingerprint density at radius 1 is 1.18 bits per heavy atom. The van der Waals surface area contributed by atoms with Gasteiger partial charge in [0.05, 0.1) is 0 Å². The van der Waals surface area contributed by atoms with Crippen LogP contribution < -0.4 is 10.6 Å². The van der Waals surface area contributed by atoms with Gasteiger partial charge in [0.1, 0.15) is 5.82 Å². The zero-order valence-electron chi connectivity index (χ0n) is 15.7. The molecule has 2 N–H and O–H groups in total. The van der Waals surface area contributed by atoms with Crippen LogP contribution >= 0.6 is 23.2 Å². The van der Waals surface area contributed by atoms with Crippen molar-refractivity contribution in [3.63, 3.8) is 0 Å². The van der Waals surface area contributed by atoms with Crippen LogP contribution in [0.1, 0.15) is 36.7 Å². The van der Waals surface area contributed by atoms with Crippen molar-refractivity contribution in [2.75, 3.05) is 5.32 Å². The van der Waals surface area contributed by atoms with Gasteiger partial charge in [-0.2, -0.15) is 0 Å². The number of halogens is 2. The van der Waals surface area contributed by atoms with E-state index in [1.165, 1.54) is 0 Å². The molecule has 1 aromatic heterocycles. The maximum Gasteiger partial charge on any atom is 0.319 e. The Morgan fingerprint density at radius 3 is 2.75 bits per heavy atom. The Kier molecular flexibility index (Phi) is 6.60. The molecule has 0 unspecified atom stereocenters. The summed E-state index contributed by atoms with van der Waals surface area (Å²) in [7, 11) is 0. The number of carbonyl (C=O) groups is 1. The monoisotopic (exact) mass is 416 g/mol. The lowest BCUT2D eigenvalue weighted by Gasteiger charge is -2.12. The van der Waals surface area contributed by atoms with Gasteiger partial charge < -0.3 is 15.2 Å². The number of anilines is 1. The summed E-state index contributed by atoms with van der Waals surface area (Å²) in [4.78, 5) is 16.6. The Labute approximate surface area is 174 Å². The fourth-order valence-electron chi connectivity index (χ4n) is 2.92. The van der Waals surface area contributed by atoms with Crippen molar-refractivity contribution < 1.29 is 4.79 Å². The Morgan fingerprint density at radius 2 is 2.00 bits per heavy atom. The lowest BCUT2D eigenvalue weighted by molar-refractivity contribution is 0.251. The van der Waals surface area contributed by atoms with Crippen LogP contribution in [-0.2, 0) is 13.1 Å². The maximum absolute atomic E-state index is 12.2. The van der Waals surface area contributed by atoms with Crippen molar-refractivity contribution in [3.05, 3.63) is 81.9 Å². The molecule has 5 nitrogen and oxygen atoms in total. The topological polar surface area (TPSA) is 59.0 Å². The highest BCUT2D eigenvalue weighted by molar-refractivity contribution is 6.35. The van der Waals surface area contributed by atoms with Crippen molar-refractivity contribution in [1.82, 2.24) is 14.9 Å². The fourth-order valence-corrected chi connectivity index (χ4v) is 3.39. The molecule has 0 aliphatic heterocycles. The molecule has 0 bridgehead atoms. The van der Waals surface area contributed by atoms with Gasteiger partial charge in [0, 0.05) is 47.1 Å². The second-order valence-electron chi connectivity index (χ2n) is 6.81. The summed E-state index contributed by atoms with van der Waals surface area (Å²) in [5.74, 6) is 1.39. The first kappa shape index (κ1) is 20.2. The maximum atomic E-state index is 12.2. The second kappa shape index (κ2) is 9.13. The molecule has 0 saturated heterocycles. The normalized spacial score (nSPS) is 10.9. The summed E-state index contributed by atoms with van der Waals surface area (Å²) in [5.41, 5.74) is 2.61. The summed E-state index contributed by atoms with van der Waals surface area (Å²) >= 11 is 12.0. The van der Waals surface area contributed by atoms with E-state index in [-0.39, 0.29) is 6.03 Å². The Balaban J connectivity index is 1.60. The predicted molar refractivity (Wildman–Crippen MR) is 114 cm³/mol. The number of hydrogen-bond acceptors (Lipinski definition) is 2. The van der Waals surface area contributed by atoms with Gasteiger partial charge >= 0.3 is 6.03 Å². The lowest BCUT2D eigenvalue weighted by atomic mass is 10.1. The van der Waals surface area contributed by atoms with Crippen LogP contribution in [0.5, 0.6) is 0 Å². The molecule has 0 saturated carbocycles. The van der Waals surface area contributed by atoms with Gasteiger partial charge in [0.2, 0.25) is 0 Å². The van der Waals surface area contributed by atoms with E-state index in [1.807, 2.05) is 36.7 Å². The molecule has 3 aromatic rings. The highest BCUT2D eigenvalue weighted by Crippen LogP contribution is 2.21. The second-order valence-corrected chi connectivity index (χ2v) is 7.66. The number of aromatic nitrogens is 2. The minimum atomic E-state index is -0.298. The number of carbonyl (C=O) groups excluding carboxylic acids is 1. The van der Waals surface area contributed by atoms with E-state index in [9.17, 15) is 4.79 Å². The highest BCUT2D eigenvalue weighted by Gasteiger charge is 2.09. The molecule has 3 rings (SSSR count). The molecule has 0 radical (unpaired) electrons. The minimum Gasteiger partial charge on any atom is -0.334 e. The van der Waals surface area contributed by atoms with E-state index in [1.54, 1.807) is 18.2 Å². The zero-order chi connectivity index (χ0) is 20.1. The number of hydrogen-bond donors (Lipinski definition) is 2. The molecule has 28 heavy (non-hydrogen) atoms. The molecule has 0 fully saturated rings. The molecule has 0 spiro atoms. The predicted octanol–water partition coefficient (Wildman–Crippen LogP) is 5.68. The van der Waals surface area contributed by atoms with Crippen LogP contribution in [0.2, 0.25) is 10.0 Å². The number of rotatable bonds is 6. The molecule has 2 aromatic carbocycles. The minimum absolute atomic E-state index is 0.298. The van der Waals surface area contributed by atoms with Gasteiger partial charge in [0.25, 0.3) is 0 Å². The van der Waals surface area contributed by atoms with Gasteiger partial charge in [-0.25, -0.2) is 9.78 Å². The molecule has 7 heteroatoms. The van der Waals surface area contributed by atoms with E-state index in [4.69, 9.17) is 23.2 Å². The van der Waals surface area contributed by atoms with E-state index in [0.29, 0.717) is 29.1 Å². The van der Waals surface area contributed by atoms with Crippen LogP contribution in [-0.4, -0.2) is 15.6 Å². The number of nitrogens with zero attached hydrogens (tertiary/aromatic N) is 2. The van der Waals surface area contributed by atoms with E-state index >= 15 is 0 Å². The molecular weight excluding hydrogens is 395 g/mol. The first-order chi connectivity index (χ1) is 13.4. The first-order valence-corrected chi connectivity index (χ1v) is 9.76. The highest BCUT2D eigenvalue weighted by atomic mass is 35.5. The van der Waals surface area contributed by atoms with Crippen molar-refractivity contribution >= 4 is 34.9 Å². The van der Waals surface area contributed by atoms with Crippen molar-refractivity contribution in [1.29, 1.82) is 0 Å². The Hall–Kier alpha value is -2.50. The molecule has 0 atom stereocenters. The van der Waals surface area contributed by atoms with Crippen LogP contribution in [0, 0.1) is 0 Å². The molecule has 1 heterocycles. The summed E-state index contributed by atoms with van der Waals surface area (Å²) < 4.78 is 2.12. The van der Waals surface area contributed by atoms with Gasteiger partial charge in [0.15, 0.2) is 0 Å². The molecule has 2 amide bonds. The molecule has 146 valence electrons. The smallest absolute Gasteiger partial charge is 0.319 e.